The van der Waals surface area contributed by atoms with Crippen molar-refractivity contribution < 1.29 is 24.2 Å². The SMILES string of the molecule is CC[C@H](C(=O)OC(C)(C)C)N1CC(C(=O)O)CC1=O. The number of carbonyl (C=O) groups is 3. The Balaban J connectivity index is 2.78. The minimum atomic E-state index is -1.00. The number of hydrogen-bond acceptors (Lipinski definition) is 4. The lowest BCUT2D eigenvalue weighted by atomic mass is 10.1. The van der Waals surface area contributed by atoms with Crippen LogP contribution in [0.4, 0.5) is 0 Å². The van der Waals surface area contributed by atoms with E-state index in [1.807, 2.05) is 0 Å². The van der Waals surface area contributed by atoms with E-state index in [4.69, 9.17) is 9.84 Å². The molecule has 1 unspecified atom stereocenters. The first-order valence-corrected chi connectivity index (χ1v) is 6.41. The number of ether oxygens (including phenoxy) is 1. The highest BCUT2D eigenvalue weighted by Gasteiger charge is 2.41. The summed E-state index contributed by atoms with van der Waals surface area (Å²) < 4.78 is 5.27. The molecule has 0 aromatic rings. The quantitative estimate of drug-likeness (QED) is 0.772. The summed E-state index contributed by atoms with van der Waals surface area (Å²) in [6.07, 6.45) is 0.363. The molecule has 1 amide bonds. The van der Waals surface area contributed by atoms with Crippen molar-refractivity contribution in [1.29, 1.82) is 0 Å². The number of carboxylic acid groups (broad SMARTS) is 1. The number of carboxylic acids is 1. The molecule has 1 aliphatic heterocycles. The van der Waals surface area contributed by atoms with E-state index >= 15 is 0 Å². The van der Waals surface area contributed by atoms with Crippen molar-refractivity contribution in [2.24, 2.45) is 5.92 Å². The first-order chi connectivity index (χ1) is 8.65. The van der Waals surface area contributed by atoms with Crippen LogP contribution in [0, 0.1) is 5.92 Å². The van der Waals surface area contributed by atoms with Crippen LogP contribution in [0.3, 0.4) is 0 Å². The molecule has 0 saturated carbocycles. The number of aliphatic carboxylic acids is 1. The summed E-state index contributed by atoms with van der Waals surface area (Å²) in [7, 11) is 0. The van der Waals surface area contributed by atoms with E-state index in [0.29, 0.717) is 6.42 Å². The van der Waals surface area contributed by atoms with Crippen molar-refractivity contribution >= 4 is 17.8 Å². The van der Waals surface area contributed by atoms with Crippen molar-refractivity contribution in [3.63, 3.8) is 0 Å². The van der Waals surface area contributed by atoms with E-state index in [2.05, 4.69) is 0 Å². The molecule has 1 aliphatic rings. The monoisotopic (exact) mass is 271 g/mol. The van der Waals surface area contributed by atoms with Crippen LogP contribution in [0.2, 0.25) is 0 Å². The molecule has 0 aromatic heterocycles. The predicted octanol–water partition coefficient (Wildman–Crippen LogP) is 1.04. The van der Waals surface area contributed by atoms with Crippen LogP contribution in [-0.4, -0.2) is 46.0 Å². The minimum Gasteiger partial charge on any atom is -0.481 e. The molecule has 6 nitrogen and oxygen atoms in total. The summed E-state index contributed by atoms with van der Waals surface area (Å²) >= 11 is 0. The number of esters is 1. The maximum atomic E-state index is 12.0. The summed E-state index contributed by atoms with van der Waals surface area (Å²) in [5.41, 5.74) is -0.626. The van der Waals surface area contributed by atoms with Gasteiger partial charge in [-0.05, 0) is 27.2 Å². The first kappa shape index (κ1) is 15.5. The number of likely N-dealkylation sites (tertiary alicyclic amines) is 1. The molecule has 19 heavy (non-hydrogen) atoms. The van der Waals surface area contributed by atoms with Crippen molar-refractivity contribution in [1.82, 2.24) is 4.90 Å². The van der Waals surface area contributed by atoms with E-state index in [0.717, 1.165) is 0 Å². The predicted molar refractivity (Wildman–Crippen MR) is 67.4 cm³/mol. The average Bonchev–Trinajstić information content (AvgIpc) is 2.59. The van der Waals surface area contributed by atoms with Crippen LogP contribution in [-0.2, 0) is 19.1 Å². The highest BCUT2D eigenvalue weighted by molar-refractivity contribution is 5.90. The zero-order chi connectivity index (χ0) is 14.8. The second-order valence-electron chi connectivity index (χ2n) is 5.74. The lowest BCUT2D eigenvalue weighted by Gasteiger charge is -2.29. The van der Waals surface area contributed by atoms with E-state index in [9.17, 15) is 14.4 Å². The Bertz CT molecular complexity index is 385. The van der Waals surface area contributed by atoms with Crippen LogP contribution in [0.5, 0.6) is 0 Å². The van der Waals surface area contributed by atoms with Crippen molar-refractivity contribution in [3.8, 4) is 0 Å². The van der Waals surface area contributed by atoms with Gasteiger partial charge in [0, 0.05) is 13.0 Å². The van der Waals surface area contributed by atoms with E-state index in [1.54, 1.807) is 27.7 Å². The fraction of sp³-hybridized carbons (Fsp3) is 0.769. The van der Waals surface area contributed by atoms with Gasteiger partial charge < -0.3 is 14.7 Å². The molecule has 1 heterocycles. The van der Waals surface area contributed by atoms with E-state index < -0.39 is 29.5 Å². The van der Waals surface area contributed by atoms with Gasteiger partial charge >= 0.3 is 11.9 Å². The van der Waals surface area contributed by atoms with E-state index in [1.165, 1.54) is 4.90 Å². The van der Waals surface area contributed by atoms with Gasteiger partial charge in [-0.2, -0.15) is 0 Å². The lowest BCUT2D eigenvalue weighted by molar-refractivity contribution is -0.164. The van der Waals surface area contributed by atoms with Crippen molar-refractivity contribution in [2.75, 3.05) is 6.54 Å². The summed E-state index contributed by atoms with van der Waals surface area (Å²) in [6.45, 7) is 7.11. The van der Waals surface area contributed by atoms with Gasteiger partial charge in [0.2, 0.25) is 5.91 Å². The number of rotatable bonds is 4. The van der Waals surface area contributed by atoms with Crippen molar-refractivity contribution in [2.45, 2.75) is 52.2 Å². The Hall–Kier alpha value is -1.59. The highest BCUT2D eigenvalue weighted by Crippen LogP contribution is 2.23. The molecule has 0 radical (unpaired) electrons. The molecule has 0 spiro atoms. The number of nitrogens with zero attached hydrogens (tertiary/aromatic N) is 1. The molecule has 1 fully saturated rings. The highest BCUT2D eigenvalue weighted by atomic mass is 16.6. The topological polar surface area (TPSA) is 83.9 Å². The lowest BCUT2D eigenvalue weighted by Crippen LogP contribution is -2.45. The maximum Gasteiger partial charge on any atom is 0.329 e. The molecular weight excluding hydrogens is 250 g/mol. The Morgan fingerprint density at radius 1 is 1.47 bits per heavy atom. The molecule has 2 atom stereocenters. The molecule has 0 aliphatic carbocycles. The van der Waals surface area contributed by atoms with Gasteiger partial charge in [0.15, 0.2) is 0 Å². The average molecular weight is 271 g/mol. The fourth-order valence-electron chi connectivity index (χ4n) is 2.08. The molecule has 108 valence electrons. The molecule has 6 heteroatoms. The molecule has 0 aromatic carbocycles. The molecule has 1 N–H and O–H groups in total. The summed E-state index contributed by atoms with van der Waals surface area (Å²) in [4.78, 5) is 36.1. The van der Waals surface area contributed by atoms with Crippen LogP contribution >= 0.6 is 0 Å². The van der Waals surface area contributed by atoms with Crippen LogP contribution in [0.15, 0.2) is 0 Å². The Kier molecular flexibility index (Phi) is 4.55. The van der Waals surface area contributed by atoms with E-state index in [-0.39, 0.29) is 18.9 Å². The summed E-state index contributed by atoms with van der Waals surface area (Å²) in [5, 5.41) is 8.93. The van der Waals surface area contributed by atoms with Gasteiger partial charge in [0.05, 0.1) is 5.92 Å². The van der Waals surface area contributed by atoms with Gasteiger partial charge in [-0.1, -0.05) is 6.92 Å². The number of amides is 1. The Labute approximate surface area is 112 Å². The Morgan fingerprint density at radius 2 is 2.05 bits per heavy atom. The van der Waals surface area contributed by atoms with Crippen LogP contribution in [0.1, 0.15) is 40.5 Å². The third-order valence-corrected chi connectivity index (χ3v) is 2.95. The zero-order valence-corrected chi connectivity index (χ0v) is 11.8. The smallest absolute Gasteiger partial charge is 0.329 e. The van der Waals surface area contributed by atoms with Gasteiger partial charge in [-0.25, -0.2) is 4.79 Å². The fourth-order valence-corrected chi connectivity index (χ4v) is 2.08. The normalized spacial score (nSPS) is 21.4. The molecular formula is C13H21NO5. The van der Waals surface area contributed by atoms with Gasteiger partial charge in [0.1, 0.15) is 11.6 Å². The van der Waals surface area contributed by atoms with Gasteiger partial charge in [-0.15, -0.1) is 0 Å². The summed E-state index contributed by atoms with van der Waals surface area (Å²) in [6, 6.07) is -0.698. The molecule has 0 bridgehead atoms. The number of carbonyl (C=O) groups excluding carboxylic acids is 2. The molecule has 1 saturated heterocycles. The maximum absolute atomic E-state index is 12.0. The second-order valence-corrected chi connectivity index (χ2v) is 5.74. The van der Waals surface area contributed by atoms with Gasteiger partial charge in [-0.3, -0.25) is 9.59 Å². The Morgan fingerprint density at radius 3 is 2.42 bits per heavy atom. The minimum absolute atomic E-state index is 0.0470. The second kappa shape index (κ2) is 5.59. The third kappa shape index (κ3) is 3.94. The van der Waals surface area contributed by atoms with Crippen molar-refractivity contribution in [3.05, 3.63) is 0 Å². The third-order valence-electron chi connectivity index (χ3n) is 2.95. The van der Waals surface area contributed by atoms with Crippen LogP contribution in [0.25, 0.3) is 0 Å². The molecule has 1 rings (SSSR count). The summed E-state index contributed by atoms with van der Waals surface area (Å²) in [5.74, 6) is -2.52. The van der Waals surface area contributed by atoms with Gasteiger partial charge in [0.25, 0.3) is 0 Å². The van der Waals surface area contributed by atoms with Crippen LogP contribution < -0.4 is 0 Å². The zero-order valence-electron chi connectivity index (χ0n) is 11.8. The number of hydrogen-bond donors (Lipinski definition) is 1. The standard InChI is InChI=1S/C13H21NO5/c1-5-9(12(18)19-13(2,3)4)14-7-8(11(16)17)6-10(14)15/h8-9H,5-7H2,1-4H3,(H,16,17)/t8?,9-/m1/s1. The first-order valence-electron chi connectivity index (χ1n) is 6.41. The largest absolute Gasteiger partial charge is 0.481 e.